The van der Waals surface area contributed by atoms with Crippen LogP contribution in [0.2, 0.25) is 0 Å². The molecule has 5 rings (SSSR count). The summed E-state index contributed by atoms with van der Waals surface area (Å²) in [5.74, 6) is 1.02. The lowest BCUT2D eigenvalue weighted by atomic mass is 9.90. The van der Waals surface area contributed by atoms with Crippen LogP contribution >= 0.6 is 35.7 Å². The van der Waals surface area contributed by atoms with Crippen LogP contribution in [-0.2, 0) is 9.59 Å². The lowest BCUT2D eigenvalue weighted by Crippen LogP contribution is -2.50. The van der Waals surface area contributed by atoms with Gasteiger partial charge in [0.2, 0.25) is 22.7 Å². The molecule has 10 nitrogen and oxygen atoms in total. The summed E-state index contributed by atoms with van der Waals surface area (Å²) >= 11 is 8.52. The van der Waals surface area contributed by atoms with Crippen molar-refractivity contribution in [3.05, 3.63) is 83.0 Å². The zero-order valence-corrected chi connectivity index (χ0v) is 43.5. The third kappa shape index (κ3) is 14.8. The molecule has 0 bridgehead atoms. The number of anilines is 1. The Morgan fingerprint density at radius 3 is 2.12 bits per heavy atom. The number of carbonyl (C=O) groups is 3. The number of piperazine rings is 1. The minimum atomic E-state index is -0.959. The minimum Gasteiger partial charge on any atom is -0.456 e. The SMILES string of the molecule is [C-]#[N+]C(C)(CCC(=O)N1CCN(C(=O)c2ccccc2-c2c3ccc(=[N+](CC)CC)cc-3oc3cc(N(CC)CC)ccc23)CC1)CC(SC(=S)SCCCCCCCCCCCC)C(N)=O. The van der Waals surface area contributed by atoms with Crippen molar-refractivity contribution in [2.75, 3.05) is 63.0 Å². The summed E-state index contributed by atoms with van der Waals surface area (Å²) in [5, 5.41) is 1.37. The highest BCUT2D eigenvalue weighted by Gasteiger charge is 2.38. The molecule has 2 N–H and O–H groups in total. The number of fused-ring (bicyclic) bond motifs is 2. The average molecular weight is 968 g/mol. The predicted octanol–water partition coefficient (Wildman–Crippen LogP) is 11.5. The second-order valence-corrected chi connectivity index (χ2v) is 21.5. The largest absolute Gasteiger partial charge is 0.456 e. The smallest absolute Gasteiger partial charge is 0.254 e. The van der Waals surface area contributed by atoms with E-state index in [1.807, 2.05) is 29.2 Å². The molecule has 3 amide bonds. The molecule has 1 aliphatic carbocycles. The van der Waals surface area contributed by atoms with Crippen LogP contribution in [0, 0.1) is 6.57 Å². The molecule has 67 heavy (non-hydrogen) atoms. The Hall–Kier alpha value is -4.38. The highest BCUT2D eigenvalue weighted by Crippen LogP contribution is 2.42. The summed E-state index contributed by atoms with van der Waals surface area (Å²) in [5.41, 5.74) is 10.1. The van der Waals surface area contributed by atoms with E-state index in [-0.39, 0.29) is 24.7 Å². The van der Waals surface area contributed by atoms with E-state index < -0.39 is 16.7 Å². The van der Waals surface area contributed by atoms with E-state index in [1.165, 1.54) is 69.5 Å². The molecule has 2 aliphatic heterocycles. The van der Waals surface area contributed by atoms with E-state index in [0.29, 0.717) is 41.7 Å². The molecule has 0 radical (unpaired) electrons. The Balaban J connectivity index is 1.21. The van der Waals surface area contributed by atoms with Gasteiger partial charge in [-0.25, -0.2) is 11.1 Å². The number of nitrogens with two attached hydrogens (primary N) is 1. The molecule has 0 saturated carbocycles. The van der Waals surface area contributed by atoms with Crippen LogP contribution in [0.25, 0.3) is 38.3 Å². The Morgan fingerprint density at radius 1 is 0.851 bits per heavy atom. The van der Waals surface area contributed by atoms with Crippen LogP contribution < -0.4 is 20.6 Å². The Kier molecular flexibility index (Phi) is 21.6. The number of benzene rings is 3. The van der Waals surface area contributed by atoms with E-state index in [2.05, 4.69) is 85.3 Å². The van der Waals surface area contributed by atoms with E-state index in [4.69, 9.17) is 28.9 Å². The summed E-state index contributed by atoms with van der Waals surface area (Å²) < 4.78 is 9.69. The lowest BCUT2D eigenvalue weighted by molar-refractivity contribution is -0.133. The number of thioether (sulfide) groups is 2. The first-order valence-corrected chi connectivity index (χ1v) is 27.2. The first-order chi connectivity index (χ1) is 32.4. The van der Waals surface area contributed by atoms with Gasteiger partial charge in [0.1, 0.15) is 28.0 Å². The fraction of sp³-hybridized carbons (Fsp3) is 0.556. The van der Waals surface area contributed by atoms with Gasteiger partial charge in [0.05, 0.1) is 11.3 Å². The van der Waals surface area contributed by atoms with Gasteiger partial charge in [-0.2, -0.15) is 0 Å². The van der Waals surface area contributed by atoms with Crippen LogP contribution in [-0.4, -0.2) is 99.9 Å². The third-order valence-corrected chi connectivity index (χ3v) is 16.2. The van der Waals surface area contributed by atoms with Gasteiger partial charge >= 0.3 is 0 Å². The molecule has 3 aliphatic rings. The number of nitrogens with zero attached hydrogens (tertiary/aromatic N) is 5. The number of carbonyl (C=O) groups excluding carboxylic acids is 3. The minimum absolute atomic E-state index is 0.0626. The van der Waals surface area contributed by atoms with Crippen molar-refractivity contribution in [2.24, 2.45) is 5.73 Å². The van der Waals surface area contributed by atoms with E-state index in [1.54, 1.807) is 23.6 Å². The molecule has 2 unspecified atom stereocenters. The molecule has 2 aromatic carbocycles. The molecule has 1 fully saturated rings. The fourth-order valence-electron chi connectivity index (χ4n) is 9.18. The third-order valence-electron chi connectivity index (χ3n) is 13.3. The summed E-state index contributed by atoms with van der Waals surface area (Å²) in [7, 11) is 0. The molecule has 0 spiro atoms. The Morgan fingerprint density at radius 2 is 1.49 bits per heavy atom. The van der Waals surface area contributed by atoms with Gasteiger partial charge in [-0.15, -0.1) is 11.8 Å². The van der Waals surface area contributed by atoms with E-state index in [9.17, 15) is 14.4 Å². The van der Waals surface area contributed by atoms with Gasteiger partial charge in [0, 0.05) is 105 Å². The first kappa shape index (κ1) is 53.6. The normalized spacial score (nSPS) is 14.2. The van der Waals surface area contributed by atoms with Gasteiger partial charge in [-0.05, 0) is 69.7 Å². The Bertz CT molecular complexity index is 2360. The number of hydrogen-bond acceptors (Lipinski definition) is 8. The highest BCUT2D eigenvalue weighted by molar-refractivity contribution is 8.47. The van der Waals surface area contributed by atoms with Crippen molar-refractivity contribution in [1.29, 1.82) is 0 Å². The van der Waals surface area contributed by atoms with E-state index >= 15 is 0 Å². The van der Waals surface area contributed by atoms with Crippen molar-refractivity contribution >= 4 is 73.6 Å². The molecular weight excluding hydrogens is 893 g/mol. The number of amides is 3. The molecular formula is C54H75N6O4S3+. The Labute approximate surface area is 414 Å². The second-order valence-electron chi connectivity index (χ2n) is 18.0. The van der Waals surface area contributed by atoms with Gasteiger partial charge in [-0.1, -0.05) is 107 Å². The standard InChI is InChI=1S/C54H74N6O4S3/c1-8-13-14-15-16-17-18-19-20-23-36-66-53(65)67-48(51(55)62)39-54(6,56-7)31-30-49(61)59-32-34-60(35-33-59)52(63)43-25-22-21-24-42(43)50-44-28-26-40(57(9-2)10-3)37-46(44)64-47-38-41(27-29-45(47)50)58(11-4)12-5/h21-22,24-29,37-38,48H,8-20,23,30-36,39H2,1-6H3,(H-,55,62)/p+1. The summed E-state index contributed by atoms with van der Waals surface area (Å²) in [4.78, 5) is 50.7. The summed E-state index contributed by atoms with van der Waals surface area (Å²) in [6.45, 7) is 25.8. The molecule has 2 atom stereocenters. The van der Waals surface area contributed by atoms with Gasteiger partial charge in [0.25, 0.3) is 5.91 Å². The average Bonchev–Trinajstić information content (AvgIpc) is 3.34. The molecule has 1 saturated heterocycles. The quantitative estimate of drug-likeness (QED) is 0.0230. The summed E-state index contributed by atoms with van der Waals surface area (Å²) in [6, 6.07) is 20.5. The number of rotatable bonds is 25. The summed E-state index contributed by atoms with van der Waals surface area (Å²) in [6.07, 6.45) is 13.4. The maximum atomic E-state index is 14.6. The molecule has 2 heterocycles. The van der Waals surface area contributed by atoms with Gasteiger partial charge in [0.15, 0.2) is 0 Å². The lowest BCUT2D eigenvalue weighted by Gasteiger charge is -2.35. The van der Waals surface area contributed by atoms with Crippen molar-refractivity contribution < 1.29 is 18.8 Å². The maximum absolute atomic E-state index is 14.6. The van der Waals surface area contributed by atoms with Crippen LogP contribution in [0.3, 0.4) is 0 Å². The number of primary amides is 1. The topological polar surface area (TPSA) is 107 Å². The van der Waals surface area contributed by atoms with Crippen LogP contribution in [0.1, 0.15) is 135 Å². The fourth-order valence-corrected chi connectivity index (χ4v) is 12.0. The molecule has 2 aromatic rings. The monoisotopic (exact) mass is 968 g/mol. The number of unbranched alkanes of at least 4 members (excludes halogenated alkanes) is 9. The zero-order chi connectivity index (χ0) is 48.3. The predicted molar refractivity (Wildman–Crippen MR) is 287 cm³/mol. The van der Waals surface area contributed by atoms with Crippen molar-refractivity contribution in [2.45, 2.75) is 136 Å². The van der Waals surface area contributed by atoms with Crippen molar-refractivity contribution in [3.8, 4) is 22.5 Å². The van der Waals surface area contributed by atoms with Crippen LogP contribution in [0.5, 0.6) is 0 Å². The second kappa shape index (κ2) is 27.0. The van der Waals surface area contributed by atoms with Crippen LogP contribution in [0.4, 0.5) is 5.69 Å². The van der Waals surface area contributed by atoms with Crippen molar-refractivity contribution in [3.63, 3.8) is 0 Å². The number of thiocarbonyl (C=S) groups is 1. The number of hydrogen-bond donors (Lipinski definition) is 1. The maximum Gasteiger partial charge on any atom is 0.254 e. The zero-order valence-electron chi connectivity index (χ0n) is 41.1. The molecule has 362 valence electrons. The van der Waals surface area contributed by atoms with Gasteiger partial charge in [-0.3, -0.25) is 14.4 Å². The first-order valence-electron chi connectivity index (χ1n) is 24.9. The highest BCUT2D eigenvalue weighted by atomic mass is 32.2. The van der Waals surface area contributed by atoms with E-state index in [0.717, 1.165) is 82.8 Å². The van der Waals surface area contributed by atoms with Crippen LogP contribution in [0.15, 0.2) is 65.1 Å². The molecule has 0 aromatic heterocycles. The molecule has 13 heteroatoms. The van der Waals surface area contributed by atoms with Crippen molar-refractivity contribution in [1.82, 2.24) is 14.4 Å². The van der Waals surface area contributed by atoms with Gasteiger partial charge < -0.3 is 29.7 Å².